The zero-order valence-electron chi connectivity index (χ0n) is 14.9. The third-order valence-corrected chi connectivity index (χ3v) is 6.06. The molecule has 0 spiro atoms. The smallest absolute Gasteiger partial charge is 0.240 e. The summed E-state index contributed by atoms with van der Waals surface area (Å²) in [5.41, 5.74) is -0.502. The molecule has 1 aliphatic heterocycles. The molecule has 6 heteroatoms. The van der Waals surface area contributed by atoms with Crippen molar-refractivity contribution in [3.05, 3.63) is 34.6 Å². The normalized spacial score (nSPS) is 21.1. The van der Waals surface area contributed by atoms with Crippen LogP contribution in [0.2, 0.25) is 5.02 Å². The molecule has 1 unspecified atom stereocenters. The molecule has 0 aromatic heterocycles. The van der Waals surface area contributed by atoms with Gasteiger partial charge in [0.15, 0.2) is 0 Å². The summed E-state index contributed by atoms with van der Waals surface area (Å²) in [6.07, 6.45) is 6.18. The van der Waals surface area contributed by atoms with Crippen molar-refractivity contribution in [1.29, 1.82) is 5.26 Å². The van der Waals surface area contributed by atoms with E-state index >= 15 is 0 Å². The van der Waals surface area contributed by atoms with Crippen LogP contribution in [-0.2, 0) is 4.79 Å². The third-order valence-electron chi connectivity index (χ3n) is 5.73. The number of likely N-dealkylation sites (tertiary alicyclic amines) is 1. The van der Waals surface area contributed by atoms with Crippen molar-refractivity contribution < 1.29 is 9.18 Å². The van der Waals surface area contributed by atoms with Crippen LogP contribution < -0.4 is 5.32 Å². The van der Waals surface area contributed by atoms with Gasteiger partial charge >= 0.3 is 0 Å². The number of benzene rings is 1. The van der Waals surface area contributed by atoms with Crippen LogP contribution in [0.5, 0.6) is 0 Å². The first-order chi connectivity index (χ1) is 12.6. The van der Waals surface area contributed by atoms with Crippen LogP contribution in [0.25, 0.3) is 0 Å². The quantitative estimate of drug-likeness (QED) is 0.836. The summed E-state index contributed by atoms with van der Waals surface area (Å²) in [4.78, 5) is 15.0. The summed E-state index contributed by atoms with van der Waals surface area (Å²) in [7, 11) is 0. The summed E-state index contributed by atoms with van der Waals surface area (Å²) in [5, 5.41) is 12.9. The predicted octanol–water partition coefficient (Wildman–Crippen LogP) is 4.21. The first kappa shape index (κ1) is 19.1. The Kier molecular flexibility index (Phi) is 6.16. The minimum Gasteiger partial charge on any atom is -0.353 e. The standard InChI is InChI=1S/C20H25ClFN3O/c21-15-7-6-8-16(22)18(15)17(25-11-4-5-12-25)13-24-19(26)20(14-23)9-2-1-3-10-20/h6-8,17H,1-5,9-13H2,(H,24,26). The summed E-state index contributed by atoms with van der Waals surface area (Å²) in [6, 6.07) is 6.62. The van der Waals surface area contributed by atoms with Crippen LogP contribution in [0.1, 0.15) is 56.6 Å². The molecule has 2 fully saturated rings. The van der Waals surface area contributed by atoms with Gasteiger partial charge in [0.25, 0.3) is 0 Å². The minimum atomic E-state index is -0.938. The fraction of sp³-hybridized carbons (Fsp3) is 0.600. The van der Waals surface area contributed by atoms with Gasteiger partial charge in [-0.15, -0.1) is 0 Å². The molecular weight excluding hydrogens is 353 g/mol. The molecule has 0 bridgehead atoms. The molecular formula is C20H25ClFN3O. The summed E-state index contributed by atoms with van der Waals surface area (Å²) >= 11 is 6.29. The van der Waals surface area contributed by atoms with Gasteiger partial charge in [0.1, 0.15) is 11.2 Å². The Labute approximate surface area is 159 Å². The van der Waals surface area contributed by atoms with E-state index in [0.29, 0.717) is 23.4 Å². The average Bonchev–Trinajstić information content (AvgIpc) is 3.18. The lowest BCUT2D eigenvalue weighted by atomic mass is 9.74. The van der Waals surface area contributed by atoms with E-state index in [9.17, 15) is 14.4 Å². The predicted molar refractivity (Wildman–Crippen MR) is 99.1 cm³/mol. The van der Waals surface area contributed by atoms with Crippen molar-refractivity contribution >= 4 is 17.5 Å². The lowest BCUT2D eigenvalue weighted by Crippen LogP contribution is -2.45. The first-order valence-electron chi connectivity index (χ1n) is 9.45. The maximum Gasteiger partial charge on any atom is 0.240 e. The monoisotopic (exact) mass is 377 g/mol. The molecule has 1 aliphatic carbocycles. The van der Waals surface area contributed by atoms with E-state index < -0.39 is 5.41 Å². The second-order valence-electron chi connectivity index (χ2n) is 7.36. The van der Waals surface area contributed by atoms with E-state index in [-0.39, 0.29) is 24.3 Å². The van der Waals surface area contributed by atoms with Gasteiger partial charge < -0.3 is 5.32 Å². The Morgan fingerprint density at radius 2 is 1.96 bits per heavy atom. The van der Waals surface area contributed by atoms with Gasteiger partial charge in [-0.3, -0.25) is 9.69 Å². The van der Waals surface area contributed by atoms with E-state index in [0.717, 1.165) is 45.2 Å². The van der Waals surface area contributed by atoms with E-state index in [4.69, 9.17) is 11.6 Å². The Balaban J connectivity index is 1.78. The number of nitrogens with zero attached hydrogens (tertiary/aromatic N) is 2. The van der Waals surface area contributed by atoms with E-state index in [1.54, 1.807) is 12.1 Å². The average molecular weight is 378 g/mol. The fourth-order valence-corrected chi connectivity index (χ4v) is 4.49. The first-order valence-corrected chi connectivity index (χ1v) is 9.83. The summed E-state index contributed by atoms with van der Waals surface area (Å²) < 4.78 is 14.5. The Bertz CT molecular complexity index is 671. The molecule has 0 radical (unpaired) electrons. The second kappa shape index (κ2) is 8.37. The molecule has 140 valence electrons. The van der Waals surface area contributed by atoms with Crippen LogP contribution in [0, 0.1) is 22.6 Å². The van der Waals surface area contributed by atoms with Gasteiger partial charge in [0.05, 0.1) is 12.1 Å². The zero-order valence-corrected chi connectivity index (χ0v) is 15.7. The maximum absolute atomic E-state index is 14.5. The van der Waals surface area contributed by atoms with Crippen molar-refractivity contribution in [3.63, 3.8) is 0 Å². The van der Waals surface area contributed by atoms with Crippen molar-refractivity contribution in [2.24, 2.45) is 5.41 Å². The molecule has 4 nitrogen and oxygen atoms in total. The molecule has 1 N–H and O–H groups in total. The number of carbonyl (C=O) groups is 1. The highest BCUT2D eigenvalue weighted by Gasteiger charge is 2.40. The fourth-order valence-electron chi connectivity index (χ4n) is 4.20. The zero-order chi connectivity index (χ0) is 18.6. The van der Waals surface area contributed by atoms with E-state index in [1.165, 1.54) is 6.07 Å². The second-order valence-corrected chi connectivity index (χ2v) is 7.77. The van der Waals surface area contributed by atoms with Crippen LogP contribution in [0.15, 0.2) is 18.2 Å². The molecule has 1 aromatic rings. The molecule has 1 saturated heterocycles. The highest BCUT2D eigenvalue weighted by Crippen LogP contribution is 2.37. The van der Waals surface area contributed by atoms with Gasteiger partial charge in [-0.1, -0.05) is 36.9 Å². The molecule has 1 saturated carbocycles. The topological polar surface area (TPSA) is 56.1 Å². The largest absolute Gasteiger partial charge is 0.353 e. The SMILES string of the molecule is N#CC1(C(=O)NCC(c2c(F)cccc2Cl)N2CCCC2)CCCCC1. The number of nitrogens with one attached hydrogen (secondary N) is 1. The number of halogens is 2. The minimum absolute atomic E-state index is 0.226. The van der Waals surface area contributed by atoms with Gasteiger partial charge in [-0.05, 0) is 50.9 Å². The molecule has 26 heavy (non-hydrogen) atoms. The van der Waals surface area contributed by atoms with Gasteiger partial charge in [0.2, 0.25) is 5.91 Å². The van der Waals surface area contributed by atoms with Crippen LogP contribution in [-0.4, -0.2) is 30.4 Å². The Morgan fingerprint density at radius 3 is 2.58 bits per heavy atom. The Morgan fingerprint density at radius 1 is 1.27 bits per heavy atom. The van der Waals surface area contributed by atoms with Crippen molar-refractivity contribution in [2.45, 2.75) is 51.0 Å². The number of rotatable bonds is 5. The number of hydrogen-bond donors (Lipinski definition) is 1. The van der Waals surface area contributed by atoms with Crippen molar-refractivity contribution in [2.75, 3.05) is 19.6 Å². The van der Waals surface area contributed by atoms with Crippen molar-refractivity contribution in [3.8, 4) is 6.07 Å². The van der Waals surface area contributed by atoms with E-state index in [2.05, 4.69) is 16.3 Å². The lowest BCUT2D eigenvalue weighted by Gasteiger charge is -2.32. The van der Waals surface area contributed by atoms with Gasteiger partial charge in [-0.2, -0.15) is 5.26 Å². The van der Waals surface area contributed by atoms with E-state index in [1.807, 2.05) is 0 Å². The molecule has 1 heterocycles. The molecule has 2 aliphatic rings. The summed E-state index contributed by atoms with van der Waals surface area (Å²) in [6.45, 7) is 1.98. The van der Waals surface area contributed by atoms with Gasteiger partial charge in [-0.25, -0.2) is 4.39 Å². The number of carbonyl (C=O) groups excluding carboxylic acids is 1. The van der Waals surface area contributed by atoms with Crippen LogP contribution >= 0.6 is 11.6 Å². The highest BCUT2D eigenvalue weighted by molar-refractivity contribution is 6.31. The van der Waals surface area contributed by atoms with Crippen LogP contribution in [0.4, 0.5) is 4.39 Å². The Hall–Kier alpha value is -1.64. The molecule has 1 atom stereocenters. The maximum atomic E-state index is 14.5. The van der Waals surface area contributed by atoms with Gasteiger partial charge in [0, 0.05) is 17.1 Å². The molecule has 1 aromatic carbocycles. The number of nitriles is 1. The molecule has 1 amide bonds. The number of amides is 1. The van der Waals surface area contributed by atoms with Crippen molar-refractivity contribution in [1.82, 2.24) is 10.2 Å². The lowest BCUT2D eigenvalue weighted by molar-refractivity contribution is -0.129. The van der Waals surface area contributed by atoms with Crippen LogP contribution in [0.3, 0.4) is 0 Å². The third kappa shape index (κ3) is 3.87. The summed E-state index contributed by atoms with van der Waals surface area (Å²) in [5.74, 6) is -0.576. The molecule has 3 rings (SSSR count). The highest BCUT2D eigenvalue weighted by atomic mass is 35.5. The number of hydrogen-bond acceptors (Lipinski definition) is 3.